The lowest BCUT2D eigenvalue weighted by Gasteiger charge is -2.12. The summed E-state index contributed by atoms with van der Waals surface area (Å²) in [6, 6.07) is 23.5. The Kier molecular flexibility index (Phi) is 6.11. The van der Waals surface area contributed by atoms with Crippen LogP contribution >= 0.6 is 0 Å². The van der Waals surface area contributed by atoms with Gasteiger partial charge in [0.05, 0.1) is 17.5 Å². The maximum absolute atomic E-state index is 12.4. The number of anilines is 1. The quantitative estimate of drug-likeness (QED) is 0.411. The molecule has 4 rings (SSSR count). The van der Waals surface area contributed by atoms with Crippen LogP contribution in [0.2, 0.25) is 0 Å². The molecular formula is C23H22N4O3S. The molecule has 3 aromatic carbocycles. The van der Waals surface area contributed by atoms with Gasteiger partial charge < -0.3 is 10.1 Å². The Morgan fingerprint density at radius 2 is 1.55 bits per heavy atom. The Labute approximate surface area is 181 Å². The first-order chi connectivity index (χ1) is 15.1. The number of nitrogens with one attached hydrogen (secondary N) is 2. The third kappa shape index (κ3) is 4.82. The van der Waals surface area contributed by atoms with Crippen LogP contribution in [0.3, 0.4) is 0 Å². The largest absolute Gasteiger partial charge is 0.497 e. The molecule has 0 aliphatic heterocycles. The number of methoxy groups -OCH3 is 1. The summed E-state index contributed by atoms with van der Waals surface area (Å²) in [6.07, 6.45) is 0. The third-order valence-corrected chi connectivity index (χ3v) is 6.19. The van der Waals surface area contributed by atoms with Crippen molar-refractivity contribution in [2.75, 3.05) is 25.5 Å². The molecule has 0 amide bonds. The second kappa shape index (κ2) is 9.11. The van der Waals surface area contributed by atoms with Crippen LogP contribution < -0.4 is 14.8 Å². The first-order valence-electron chi connectivity index (χ1n) is 9.76. The summed E-state index contributed by atoms with van der Waals surface area (Å²) in [6.45, 7) is 0.586. The number of para-hydroxylation sites is 1. The molecule has 0 bridgehead atoms. The molecule has 0 radical (unpaired) electrons. The minimum Gasteiger partial charge on any atom is -0.497 e. The summed E-state index contributed by atoms with van der Waals surface area (Å²) in [5.74, 6) is 1.98. The van der Waals surface area contributed by atoms with Crippen molar-refractivity contribution in [1.82, 2.24) is 14.7 Å². The maximum Gasteiger partial charge on any atom is 0.240 e. The summed E-state index contributed by atoms with van der Waals surface area (Å²) in [4.78, 5) is 9.58. The van der Waals surface area contributed by atoms with E-state index in [1.165, 1.54) is 0 Å². The molecule has 0 fully saturated rings. The summed E-state index contributed by atoms with van der Waals surface area (Å²) in [5.41, 5.74) is 1.66. The lowest BCUT2D eigenvalue weighted by Crippen LogP contribution is -2.29. The Bertz CT molecular complexity index is 1280. The first-order valence-corrected chi connectivity index (χ1v) is 11.2. The molecule has 8 heteroatoms. The van der Waals surface area contributed by atoms with Gasteiger partial charge in [-0.1, -0.05) is 30.3 Å². The molecule has 0 atom stereocenters. The van der Waals surface area contributed by atoms with E-state index in [1.54, 1.807) is 37.4 Å². The van der Waals surface area contributed by atoms with Crippen molar-refractivity contribution < 1.29 is 13.2 Å². The standard InChI is InChI=1S/C23H22N4O3S/c1-30-18-13-11-17(12-14-18)22-26-21-10-6-5-9-20(21)23(27-22)24-15-16-25-31(28,29)19-7-3-2-4-8-19/h2-14,25H,15-16H2,1H3,(H,24,26,27). The van der Waals surface area contributed by atoms with E-state index in [9.17, 15) is 8.42 Å². The van der Waals surface area contributed by atoms with E-state index in [0.717, 1.165) is 22.2 Å². The van der Waals surface area contributed by atoms with Crippen molar-refractivity contribution in [1.29, 1.82) is 0 Å². The fourth-order valence-corrected chi connectivity index (χ4v) is 4.18. The molecule has 0 saturated heterocycles. The Morgan fingerprint density at radius 1 is 0.839 bits per heavy atom. The second-order valence-electron chi connectivity index (χ2n) is 6.78. The normalized spacial score (nSPS) is 11.4. The molecule has 0 aliphatic carbocycles. The number of ether oxygens (including phenoxy) is 1. The number of aromatic nitrogens is 2. The van der Waals surface area contributed by atoms with Gasteiger partial charge in [-0.15, -0.1) is 0 Å². The highest BCUT2D eigenvalue weighted by Crippen LogP contribution is 2.26. The van der Waals surface area contributed by atoms with Crippen LogP contribution in [-0.2, 0) is 10.0 Å². The van der Waals surface area contributed by atoms with E-state index in [2.05, 4.69) is 20.0 Å². The molecule has 31 heavy (non-hydrogen) atoms. The van der Waals surface area contributed by atoms with Gasteiger partial charge in [-0.25, -0.2) is 23.1 Å². The van der Waals surface area contributed by atoms with Crippen molar-refractivity contribution in [3.05, 3.63) is 78.9 Å². The maximum atomic E-state index is 12.4. The molecule has 158 valence electrons. The molecule has 0 unspecified atom stereocenters. The molecule has 0 saturated carbocycles. The molecule has 0 spiro atoms. The second-order valence-corrected chi connectivity index (χ2v) is 8.55. The molecule has 0 aliphatic rings. The number of hydrogen-bond acceptors (Lipinski definition) is 6. The van der Waals surface area contributed by atoms with Crippen LogP contribution in [0.25, 0.3) is 22.3 Å². The third-order valence-electron chi connectivity index (χ3n) is 4.71. The van der Waals surface area contributed by atoms with E-state index in [1.807, 2.05) is 48.5 Å². The highest BCUT2D eigenvalue weighted by atomic mass is 32.2. The molecule has 1 heterocycles. The lowest BCUT2D eigenvalue weighted by molar-refractivity contribution is 0.415. The number of fused-ring (bicyclic) bond motifs is 1. The monoisotopic (exact) mass is 434 g/mol. The fraction of sp³-hybridized carbons (Fsp3) is 0.130. The summed E-state index contributed by atoms with van der Waals surface area (Å²) >= 11 is 0. The SMILES string of the molecule is COc1ccc(-c2nc(NCCNS(=O)(=O)c3ccccc3)c3ccccc3n2)cc1. The van der Waals surface area contributed by atoms with Crippen molar-refractivity contribution in [2.45, 2.75) is 4.90 Å². The molecule has 2 N–H and O–H groups in total. The minimum atomic E-state index is -3.55. The zero-order valence-electron chi connectivity index (χ0n) is 16.9. The number of rotatable bonds is 8. The van der Waals surface area contributed by atoms with Gasteiger partial charge in [-0.05, 0) is 48.5 Å². The predicted molar refractivity (Wildman–Crippen MR) is 122 cm³/mol. The number of benzene rings is 3. The first kappa shape index (κ1) is 20.8. The van der Waals surface area contributed by atoms with Crippen LogP contribution in [-0.4, -0.2) is 38.6 Å². The average Bonchev–Trinajstić information content (AvgIpc) is 2.82. The predicted octanol–water partition coefficient (Wildman–Crippen LogP) is 3.70. The molecule has 7 nitrogen and oxygen atoms in total. The molecule has 1 aromatic heterocycles. The van der Waals surface area contributed by atoms with Crippen LogP contribution in [0.15, 0.2) is 83.8 Å². The van der Waals surface area contributed by atoms with E-state index in [-0.39, 0.29) is 11.4 Å². The van der Waals surface area contributed by atoms with Crippen molar-refractivity contribution in [3.8, 4) is 17.1 Å². The molecule has 4 aromatic rings. The number of hydrogen-bond donors (Lipinski definition) is 2. The summed E-state index contributed by atoms with van der Waals surface area (Å²) in [5, 5.41) is 4.11. The van der Waals surface area contributed by atoms with Crippen molar-refractivity contribution in [2.24, 2.45) is 0 Å². The highest BCUT2D eigenvalue weighted by molar-refractivity contribution is 7.89. The van der Waals surface area contributed by atoms with Crippen LogP contribution in [0.5, 0.6) is 5.75 Å². The Morgan fingerprint density at radius 3 is 2.29 bits per heavy atom. The van der Waals surface area contributed by atoms with Gasteiger partial charge in [0.1, 0.15) is 11.6 Å². The van der Waals surface area contributed by atoms with Gasteiger partial charge in [0, 0.05) is 24.0 Å². The van der Waals surface area contributed by atoms with Gasteiger partial charge in [0.25, 0.3) is 0 Å². The Hall–Kier alpha value is -3.49. The van der Waals surface area contributed by atoms with Crippen LogP contribution in [0, 0.1) is 0 Å². The van der Waals surface area contributed by atoms with Gasteiger partial charge >= 0.3 is 0 Å². The van der Waals surface area contributed by atoms with Crippen LogP contribution in [0.1, 0.15) is 0 Å². The minimum absolute atomic E-state index is 0.216. The molecular weight excluding hydrogens is 412 g/mol. The van der Waals surface area contributed by atoms with Gasteiger partial charge in [0.15, 0.2) is 5.82 Å². The van der Waals surface area contributed by atoms with E-state index < -0.39 is 10.0 Å². The van der Waals surface area contributed by atoms with E-state index in [4.69, 9.17) is 4.74 Å². The topological polar surface area (TPSA) is 93.2 Å². The van der Waals surface area contributed by atoms with Gasteiger partial charge in [0.2, 0.25) is 10.0 Å². The average molecular weight is 435 g/mol. The fourth-order valence-electron chi connectivity index (χ4n) is 3.13. The van der Waals surface area contributed by atoms with Crippen molar-refractivity contribution >= 4 is 26.7 Å². The summed E-state index contributed by atoms with van der Waals surface area (Å²) in [7, 11) is -1.93. The van der Waals surface area contributed by atoms with Gasteiger partial charge in [-0.2, -0.15) is 0 Å². The van der Waals surface area contributed by atoms with Crippen LogP contribution in [0.4, 0.5) is 5.82 Å². The smallest absolute Gasteiger partial charge is 0.240 e. The van der Waals surface area contributed by atoms with E-state index in [0.29, 0.717) is 18.2 Å². The zero-order chi connectivity index (χ0) is 21.7. The lowest BCUT2D eigenvalue weighted by atomic mass is 10.1. The zero-order valence-corrected chi connectivity index (χ0v) is 17.8. The van der Waals surface area contributed by atoms with Gasteiger partial charge in [-0.3, -0.25) is 0 Å². The van der Waals surface area contributed by atoms with Crippen molar-refractivity contribution in [3.63, 3.8) is 0 Å². The summed E-state index contributed by atoms with van der Waals surface area (Å²) < 4.78 is 32.6. The Balaban J connectivity index is 1.52. The van der Waals surface area contributed by atoms with E-state index >= 15 is 0 Å². The number of nitrogens with zero attached hydrogens (tertiary/aromatic N) is 2. The highest BCUT2D eigenvalue weighted by Gasteiger charge is 2.13. The number of sulfonamides is 1.